The summed E-state index contributed by atoms with van der Waals surface area (Å²) < 4.78 is 0. The number of aliphatic imine (C=N–C) groups is 1. The highest BCUT2D eigenvalue weighted by Gasteiger charge is 2.39. The van der Waals surface area contributed by atoms with E-state index < -0.39 is 0 Å². The quantitative estimate of drug-likeness (QED) is 0.490. The van der Waals surface area contributed by atoms with Crippen LogP contribution in [0.15, 0.2) is 4.99 Å². The molecule has 174 valence electrons. The summed E-state index contributed by atoms with van der Waals surface area (Å²) in [5, 5.41) is 7.30. The molecule has 3 saturated heterocycles. The number of hydrogen-bond acceptors (Lipinski definition) is 4. The molecule has 3 heterocycles. The largest absolute Gasteiger partial charge is 0.357 e. The first-order valence-corrected chi connectivity index (χ1v) is 12.7. The van der Waals surface area contributed by atoms with Crippen LogP contribution < -0.4 is 10.6 Å². The molecule has 0 radical (unpaired) electrons. The Morgan fingerprint density at radius 2 is 1.47 bits per heavy atom. The number of likely N-dealkylation sites (tertiary alicyclic amines) is 3. The zero-order valence-electron chi connectivity index (χ0n) is 20.3. The molecule has 0 aromatic rings. The summed E-state index contributed by atoms with van der Waals surface area (Å²) in [5.74, 6) is 0.998. The molecule has 0 unspecified atom stereocenters. The van der Waals surface area contributed by atoms with E-state index in [-0.39, 0.29) is 11.1 Å². The number of piperidine rings is 3. The van der Waals surface area contributed by atoms with Crippen LogP contribution in [0.1, 0.15) is 72.1 Å². The number of nitrogens with one attached hydrogen (secondary N) is 2. The molecule has 30 heavy (non-hydrogen) atoms. The van der Waals surface area contributed by atoms with Crippen LogP contribution in [0.5, 0.6) is 0 Å². The van der Waals surface area contributed by atoms with Gasteiger partial charge in [0.25, 0.3) is 0 Å². The average molecular weight is 421 g/mol. The summed E-state index contributed by atoms with van der Waals surface area (Å²) in [4.78, 5) is 13.0. The monoisotopic (exact) mass is 420 g/mol. The van der Waals surface area contributed by atoms with Gasteiger partial charge in [-0.05, 0) is 106 Å². The third-order valence-corrected chi connectivity index (χ3v) is 7.71. The number of hydrogen-bond donors (Lipinski definition) is 2. The smallest absolute Gasteiger partial charge is 0.191 e. The standard InChI is InChI=1S/C24H48N6/c1-5-25-22(26-20-23(2,3)29-14-8-6-9-15-29)27-21-24(12-18-28(4)19-13-24)30-16-10-7-11-17-30/h5-21H2,1-4H3,(H2,25,26,27). The third kappa shape index (κ3) is 6.33. The van der Waals surface area contributed by atoms with Crippen LogP contribution in [0, 0.1) is 0 Å². The summed E-state index contributed by atoms with van der Waals surface area (Å²) in [6.45, 7) is 17.0. The van der Waals surface area contributed by atoms with Crippen LogP contribution in [-0.2, 0) is 0 Å². The lowest BCUT2D eigenvalue weighted by Gasteiger charge is -2.50. The van der Waals surface area contributed by atoms with E-state index in [1.807, 2.05) is 0 Å². The zero-order chi connectivity index (χ0) is 21.5. The minimum absolute atomic E-state index is 0.126. The highest BCUT2D eigenvalue weighted by molar-refractivity contribution is 5.79. The van der Waals surface area contributed by atoms with Crippen molar-refractivity contribution in [1.82, 2.24) is 25.3 Å². The van der Waals surface area contributed by atoms with E-state index in [0.717, 1.165) is 25.6 Å². The van der Waals surface area contributed by atoms with Crippen molar-refractivity contribution >= 4 is 5.96 Å². The van der Waals surface area contributed by atoms with Crippen LogP contribution >= 0.6 is 0 Å². The summed E-state index contributed by atoms with van der Waals surface area (Å²) >= 11 is 0. The molecule has 0 aromatic heterocycles. The summed E-state index contributed by atoms with van der Waals surface area (Å²) in [7, 11) is 2.27. The maximum absolute atomic E-state index is 5.06. The molecule has 0 aromatic carbocycles. The molecule has 3 fully saturated rings. The van der Waals surface area contributed by atoms with E-state index in [2.05, 4.69) is 53.2 Å². The molecule has 0 spiro atoms. The van der Waals surface area contributed by atoms with Crippen LogP contribution in [-0.4, -0.2) is 97.7 Å². The summed E-state index contributed by atoms with van der Waals surface area (Å²) in [6, 6.07) is 0. The van der Waals surface area contributed by atoms with Gasteiger partial charge < -0.3 is 15.5 Å². The second-order valence-electron chi connectivity index (χ2n) is 10.5. The van der Waals surface area contributed by atoms with Gasteiger partial charge in [-0.1, -0.05) is 12.8 Å². The highest BCUT2D eigenvalue weighted by atomic mass is 15.3. The predicted molar refractivity (Wildman–Crippen MR) is 128 cm³/mol. The Morgan fingerprint density at radius 1 is 0.867 bits per heavy atom. The van der Waals surface area contributed by atoms with E-state index >= 15 is 0 Å². The molecular formula is C24H48N6. The van der Waals surface area contributed by atoms with Gasteiger partial charge in [0.15, 0.2) is 5.96 Å². The molecule has 3 aliphatic rings. The van der Waals surface area contributed by atoms with E-state index in [9.17, 15) is 0 Å². The van der Waals surface area contributed by atoms with Gasteiger partial charge in [-0.15, -0.1) is 0 Å². The average Bonchev–Trinajstić information content (AvgIpc) is 2.78. The molecule has 0 saturated carbocycles. The Kier molecular flexibility index (Phi) is 8.84. The van der Waals surface area contributed by atoms with Crippen LogP contribution in [0.2, 0.25) is 0 Å². The van der Waals surface area contributed by atoms with Gasteiger partial charge in [0.2, 0.25) is 0 Å². The van der Waals surface area contributed by atoms with Crippen molar-refractivity contribution in [2.45, 2.75) is 83.2 Å². The van der Waals surface area contributed by atoms with Gasteiger partial charge in [-0.25, -0.2) is 0 Å². The lowest BCUT2D eigenvalue weighted by atomic mass is 9.84. The van der Waals surface area contributed by atoms with Crippen LogP contribution in [0.25, 0.3) is 0 Å². The maximum Gasteiger partial charge on any atom is 0.191 e. The summed E-state index contributed by atoms with van der Waals surface area (Å²) in [5.41, 5.74) is 0.409. The Bertz CT molecular complexity index is 526. The van der Waals surface area contributed by atoms with E-state index in [4.69, 9.17) is 4.99 Å². The molecule has 0 atom stereocenters. The molecular weight excluding hydrogens is 372 g/mol. The van der Waals surface area contributed by atoms with Crippen molar-refractivity contribution in [3.63, 3.8) is 0 Å². The molecule has 2 N–H and O–H groups in total. The third-order valence-electron chi connectivity index (χ3n) is 7.71. The van der Waals surface area contributed by atoms with Gasteiger partial charge in [-0.2, -0.15) is 0 Å². The van der Waals surface area contributed by atoms with Gasteiger partial charge in [0, 0.05) is 24.2 Å². The Labute approximate surface area is 185 Å². The first-order valence-electron chi connectivity index (χ1n) is 12.7. The molecule has 6 nitrogen and oxygen atoms in total. The number of nitrogens with zero attached hydrogens (tertiary/aromatic N) is 4. The lowest BCUT2D eigenvalue weighted by molar-refractivity contribution is 0.0173. The predicted octanol–water partition coefficient (Wildman–Crippen LogP) is 2.76. The van der Waals surface area contributed by atoms with E-state index in [0.29, 0.717) is 0 Å². The van der Waals surface area contributed by atoms with E-state index in [1.54, 1.807) is 0 Å². The maximum atomic E-state index is 5.06. The minimum atomic E-state index is 0.126. The first-order chi connectivity index (χ1) is 14.5. The van der Waals surface area contributed by atoms with Crippen molar-refractivity contribution in [3.05, 3.63) is 0 Å². The normalized spacial score (nSPS) is 25.3. The second kappa shape index (κ2) is 11.1. The van der Waals surface area contributed by atoms with Gasteiger partial charge >= 0.3 is 0 Å². The Morgan fingerprint density at radius 3 is 2.07 bits per heavy atom. The van der Waals surface area contributed by atoms with Gasteiger partial charge in [0.05, 0.1) is 6.54 Å². The number of guanidine groups is 1. The molecule has 6 heteroatoms. The van der Waals surface area contributed by atoms with Crippen molar-refractivity contribution in [2.24, 2.45) is 4.99 Å². The fourth-order valence-electron chi connectivity index (χ4n) is 5.47. The van der Waals surface area contributed by atoms with Crippen LogP contribution in [0.4, 0.5) is 0 Å². The topological polar surface area (TPSA) is 46.1 Å². The fraction of sp³-hybridized carbons (Fsp3) is 0.958. The molecule has 0 bridgehead atoms. The van der Waals surface area contributed by atoms with Crippen molar-refractivity contribution in [2.75, 3.05) is 66.0 Å². The van der Waals surface area contributed by atoms with Crippen molar-refractivity contribution < 1.29 is 0 Å². The van der Waals surface area contributed by atoms with Crippen LogP contribution in [0.3, 0.4) is 0 Å². The molecule has 0 aliphatic carbocycles. The first kappa shape index (κ1) is 23.8. The van der Waals surface area contributed by atoms with Crippen molar-refractivity contribution in [1.29, 1.82) is 0 Å². The van der Waals surface area contributed by atoms with E-state index in [1.165, 1.54) is 90.6 Å². The van der Waals surface area contributed by atoms with Gasteiger partial charge in [0.1, 0.15) is 0 Å². The Hall–Kier alpha value is -0.850. The lowest BCUT2D eigenvalue weighted by Crippen LogP contribution is -2.62. The minimum Gasteiger partial charge on any atom is -0.357 e. The SMILES string of the molecule is CCNC(=NCC(C)(C)N1CCCCC1)NCC1(N2CCCCC2)CCN(C)CC1. The molecule has 3 rings (SSSR count). The van der Waals surface area contributed by atoms with Gasteiger partial charge in [-0.3, -0.25) is 14.8 Å². The summed E-state index contributed by atoms with van der Waals surface area (Å²) in [6.07, 6.45) is 10.7. The second-order valence-corrected chi connectivity index (χ2v) is 10.5. The Balaban J connectivity index is 1.63. The molecule has 0 amide bonds. The molecule has 3 aliphatic heterocycles. The zero-order valence-corrected chi connectivity index (χ0v) is 20.3. The van der Waals surface area contributed by atoms with Crippen molar-refractivity contribution in [3.8, 4) is 0 Å². The highest BCUT2D eigenvalue weighted by Crippen LogP contribution is 2.31. The fourth-order valence-corrected chi connectivity index (χ4v) is 5.47. The number of rotatable bonds is 7.